The van der Waals surface area contributed by atoms with Crippen LogP contribution in [0.3, 0.4) is 0 Å². The third kappa shape index (κ3) is 4.41. The average molecular weight is 233 g/mol. The fourth-order valence-electron chi connectivity index (χ4n) is 1.72. The number of carboxylic acids is 1. The van der Waals surface area contributed by atoms with Gasteiger partial charge in [-0.25, -0.2) is 0 Å². The van der Waals surface area contributed by atoms with Crippen LogP contribution in [0.1, 0.15) is 25.8 Å². The highest BCUT2D eigenvalue weighted by atomic mass is 16.4. The molecule has 0 heterocycles. The van der Waals surface area contributed by atoms with Crippen LogP contribution in [0, 0.1) is 5.92 Å². The number of benzene rings is 1. The average Bonchev–Trinajstić information content (AvgIpc) is 2.25. The van der Waals surface area contributed by atoms with Crippen LogP contribution in [-0.2, 0) is 4.79 Å². The lowest BCUT2D eigenvalue weighted by Gasteiger charge is -2.16. The molecule has 17 heavy (non-hydrogen) atoms. The van der Waals surface area contributed by atoms with E-state index in [0.717, 1.165) is 11.1 Å². The van der Waals surface area contributed by atoms with E-state index in [-0.39, 0.29) is 6.42 Å². The predicted octanol–water partition coefficient (Wildman–Crippen LogP) is 2.53. The molecule has 92 valence electrons. The Morgan fingerprint density at radius 1 is 1.35 bits per heavy atom. The second kappa shape index (κ2) is 6.21. The summed E-state index contributed by atoms with van der Waals surface area (Å²) in [4.78, 5) is 10.7. The van der Waals surface area contributed by atoms with E-state index < -0.39 is 12.0 Å². The minimum Gasteiger partial charge on any atom is -0.481 e. The Morgan fingerprint density at radius 2 is 1.94 bits per heavy atom. The molecule has 0 bridgehead atoms. The largest absolute Gasteiger partial charge is 0.481 e. The first-order valence-electron chi connectivity index (χ1n) is 5.75. The number of carbonyl (C=O) groups is 1. The van der Waals surface area contributed by atoms with Crippen molar-refractivity contribution in [1.29, 1.82) is 0 Å². The van der Waals surface area contributed by atoms with Crippen molar-refractivity contribution in [3.8, 4) is 0 Å². The van der Waals surface area contributed by atoms with Crippen molar-refractivity contribution in [2.75, 3.05) is 0 Å². The number of hydrogen-bond donors (Lipinski definition) is 2. The van der Waals surface area contributed by atoms with Gasteiger partial charge in [0, 0.05) is 6.04 Å². The lowest BCUT2D eigenvalue weighted by atomic mass is 9.94. The molecule has 0 saturated carbocycles. The zero-order chi connectivity index (χ0) is 12.8. The van der Waals surface area contributed by atoms with Gasteiger partial charge in [0.1, 0.15) is 0 Å². The summed E-state index contributed by atoms with van der Waals surface area (Å²) in [5.74, 6) is -0.534. The number of allylic oxidation sites excluding steroid dienone is 1. The van der Waals surface area contributed by atoms with Crippen molar-refractivity contribution in [2.45, 2.75) is 26.3 Å². The van der Waals surface area contributed by atoms with Crippen molar-refractivity contribution in [3.63, 3.8) is 0 Å². The van der Waals surface area contributed by atoms with Crippen LogP contribution in [-0.4, -0.2) is 17.1 Å². The van der Waals surface area contributed by atoms with Gasteiger partial charge in [0.05, 0.1) is 6.42 Å². The highest BCUT2D eigenvalue weighted by molar-refractivity contribution is 5.76. The monoisotopic (exact) mass is 233 g/mol. The highest BCUT2D eigenvalue weighted by Gasteiger charge is 2.15. The van der Waals surface area contributed by atoms with Crippen LogP contribution < -0.4 is 5.73 Å². The molecule has 3 heteroatoms. The van der Waals surface area contributed by atoms with E-state index >= 15 is 0 Å². The highest BCUT2D eigenvalue weighted by Crippen LogP contribution is 2.21. The van der Waals surface area contributed by atoms with Crippen LogP contribution in [0.5, 0.6) is 0 Å². The van der Waals surface area contributed by atoms with E-state index in [0.29, 0.717) is 5.92 Å². The van der Waals surface area contributed by atoms with Crippen LogP contribution in [0.25, 0.3) is 5.57 Å². The van der Waals surface area contributed by atoms with Gasteiger partial charge in [-0.1, -0.05) is 50.3 Å². The van der Waals surface area contributed by atoms with Gasteiger partial charge < -0.3 is 10.8 Å². The molecule has 1 aromatic rings. The third-order valence-corrected chi connectivity index (χ3v) is 2.41. The Labute approximate surface area is 102 Å². The first-order chi connectivity index (χ1) is 8.00. The third-order valence-electron chi connectivity index (χ3n) is 2.41. The molecule has 0 spiro atoms. The second-order valence-electron chi connectivity index (χ2n) is 4.44. The van der Waals surface area contributed by atoms with E-state index in [1.54, 1.807) is 0 Å². The Bertz CT molecular complexity index is 396. The molecule has 0 aromatic heterocycles. The summed E-state index contributed by atoms with van der Waals surface area (Å²) >= 11 is 0. The van der Waals surface area contributed by atoms with Crippen LogP contribution in [0.2, 0.25) is 0 Å². The van der Waals surface area contributed by atoms with Crippen LogP contribution in [0.4, 0.5) is 0 Å². The summed E-state index contributed by atoms with van der Waals surface area (Å²) in [5, 5.41) is 8.81. The van der Waals surface area contributed by atoms with Crippen molar-refractivity contribution in [3.05, 3.63) is 42.0 Å². The first-order valence-corrected chi connectivity index (χ1v) is 5.75. The molecule has 3 N–H and O–H groups in total. The summed E-state index contributed by atoms with van der Waals surface area (Å²) in [6.45, 7) is 4.10. The molecule has 1 unspecified atom stereocenters. The fraction of sp³-hybridized carbons (Fsp3) is 0.357. The summed E-state index contributed by atoms with van der Waals surface area (Å²) in [5.41, 5.74) is 7.85. The number of rotatable bonds is 5. The molecule has 0 amide bonds. The van der Waals surface area contributed by atoms with Gasteiger partial charge in [0.25, 0.3) is 0 Å². The minimum atomic E-state index is -0.872. The Balaban J connectivity index is 3.01. The van der Waals surface area contributed by atoms with Gasteiger partial charge in [0.2, 0.25) is 0 Å². The van der Waals surface area contributed by atoms with Gasteiger partial charge in [-0.05, 0) is 17.1 Å². The molecule has 0 aliphatic rings. The molecule has 0 saturated heterocycles. The number of carboxylic acid groups (broad SMARTS) is 1. The summed E-state index contributed by atoms with van der Waals surface area (Å²) in [6, 6.07) is 9.23. The maximum atomic E-state index is 10.7. The first kappa shape index (κ1) is 13.5. The maximum Gasteiger partial charge on any atom is 0.305 e. The smallest absolute Gasteiger partial charge is 0.305 e. The molecule has 3 nitrogen and oxygen atoms in total. The fourth-order valence-corrected chi connectivity index (χ4v) is 1.72. The van der Waals surface area contributed by atoms with Gasteiger partial charge >= 0.3 is 5.97 Å². The van der Waals surface area contributed by atoms with E-state index in [9.17, 15) is 4.79 Å². The molecule has 0 radical (unpaired) electrons. The summed E-state index contributed by atoms with van der Waals surface area (Å²) < 4.78 is 0. The molecule has 1 aromatic carbocycles. The van der Waals surface area contributed by atoms with Gasteiger partial charge in [-0.3, -0.25) is 4.79 Å². The Morgan fingerprint density at radius 3 is 2.41 bits per heavy atom. The lowest BCUT2D eigenvalue weighted by molar-refractivity contribution is -0.137. The molecule has 0 fully saturated rings. The summed E-state index contributed by atoms with van der Waals surface area (Å²) in [7, 11) is 0. The number of nitrogens with two attached hydrogens (primary N) is 1. The lowest BCUT2D eigenvalue weighted by Crippen LogP contribution is -2.25. The zero-order valence-corrected chi connectivity index (χ0v) is 10.3. The minimum absolute atomic E-state index is 0.0482. The molecule has 1 rings (SSSR count). The quantitative estimate of drug-likeness (QED) is 0.821. The van der Waals surface area contributed by atoms with Crippen molar-refractivity contribution in [1.82, 2.24) is 0 Å². The van der Waals surface area contributed by atoms with Gasteiger partial charge in [0.15, 0.2) is 0 Å². The van der Waals surface area contributed by atoms with E-state index in [2.05, 4.69) is 13.8 Å². The van der Waals surface area contributed by atoms with E-state index in [1.165, 1.54) is 0 Å². The van der Waals surface area contributed by atoms with Gasteiger partial charge in [-0.15, -0.1) is 0 Å². The standard InChI is InChI=1S/C14H19NO2/c1-10(2)8-12(13(15)9-14(16)17)11-6-4-3-5-7-11/h3-8,10,13H,9,15H2,1-2H3,(H,16,17)/b12-8-. The zero-order valence-electron chi connectivity index (χ0n) is 10.3. The van der Waals surface area contributed by atoms with E-state index in [4.69, 9.17) is 10.8 Å². The topological polar surface area (TPSA) is 63.3 Å². The molecule has 0 aliphatic carbocycles. The van der Waals surface area contributed by atoms with Gasteiger partial charge in [-0.2, -0.15) is 0 Å². The second-order valence-corrected chi connectivity index (χ2v) is 4.44. The van der Waals surface area contributed by atoms with Crippen LogP contribution in [0.15, 0.2) is 36.4 Å². The number of hydrogen-bond acceptors (Lipinski definition) is 2. The molecular formula is C14H19NO2. The predicted molar refractivity (Wildman–Crippen MR) is 69.5 cm³/mol. The normalized spacial score (nSPS) is 13.8. The molecule has 0 aliphatic heterocycles. The Hall–Kier alpha value is -1.61. The van der Waals surface area contributed by atoms with E-state index in [1.807, 2.05) is 36.4 Å². The van der Waals surface area contributed by atoms with Crippen molar-refractivity contribution < 1.29 is 9.90 Å². The molecule has 1 atom stereocenters. The maximum absolute atomic E-state index is 10.7. The van der Waals surface area contributed by atoms with Crippen molar-refractivity contribution in [2.24, 2.45) is 11.7 Å². The summed E-state index contributed by atoms with van der Waals surface area (Å²) in [6.07, 6.45) is 1.98. The van der Waals surface area contributed by atoms with Crippen LogP contribution >= 0.6 is 0 Å². The molecular weight excluding hydrogens is 214 g/mol. The van der Waals surface area contributed by atoms with Crippen molar-refractivity contribution >= 4 is 11.5 Å². The number of aliphatic carboxylic acids is 1. The SMILES string of the molecule is CC(C)/C=C(/c1ccccc1)C(N)CC(=O)O. The Kier molecular flexibility index (Phi) is 4.91.